The summed E-state index contributed by atoms with van der Waals surface area (Å²) in [6.45, 7) is 10.7. The van der Waals surface area contributed by atoms with Crippen LogP contribution in [0.3, 0.4) is 0 Å². The fraction of sp³-hybridized carbons (Fsp3) is 0.216. The lowest BCUT2D eigenvalue weighted by molar-refractivity contribution is -0.660. The first-order chi connectivity index (χ1) is 19.2. The molecule has 6 aromatic rings. The molecule has 0 N–H and O–H groups in total. The summed E-state index contributed by atoms with van der Waals surface area (Å²) in [6, 6.07) is 29.0. The normalized spacial score (nSPS) is 11.8. The van der Waals surface area contributed by atoms with Crippen LogP contribution in [0, 0.1) is 12.7 Å². The maximum absolute atomic E-state index is 14.7. The SMILES string of the molecule is Cc1ccc2c(oc3cc(-c4ccccc4)ccc32)c1-c1cc(-c2c(C(C)C)cc(F)cc2C(C)C)cc[n+]1C. The van der Waals surface area contributed by atoms with Crippen molar-refractivity contribution in [2.75, 3.05) is 0 Å². The summed E-state index contributed by atoms with van der Waals surface area (Å²) in [7, 11) is 2.07. The molecule has 0 radical (unpaired) electrons. The van der Waals surface area contributed by atoms with Crippen LogP contribution < -0.4 is 4.57 Å². The first-order valence-electron chi connectivity index (χ1n) is 14.1. The van der Waals surface area contributed by atoms with Crippen molar-refractivity contribution in [3.8, 4) is 33.5 Å². The second-order valence-electron chi connectivity index (χ2n) is 11.5. The highest BCUT2D eigenvalue weighted by atomic mass is 19.1. The number of nitrogens with zero attached hydrogens (tertiary/aromatic N) is 1. The van der Waals surface area contributed by atoms with Crippen molar-refractivity contribution in [2.45, 2.75) is 46.5 Å². The molecule has 0 aliphatic rings. The molecule has 2 aromatic heterocycles. The van der Waals surface area contributed by atoms with Gasteiger partial charge in [-0.25, -0.2) is 8.96 Å². The van der Waals surface area contributed by atoms with Crippen LogP contribution in [0.1, 0.15) is 56.2 Å². The smallest absolute Gasteiger partial charge is 0.216 e. The first-order valence-corrected chi connectivity index (χ1v) is 14.1. The quantitative estimate of drug-likeness (QED) is 0.203. The molecule has 0 aliphatic carbocycles. The van der Waals surface area contributed by atoms with E-state index in [-0.39, 0.29) is 17.7 Å². The van der Waals surface area contributed by atoms with Crippen molar-refractivity contribution in [1.29, 1.82) is 0 Å². The number of aryl methyl sites for hydroxylation is 2. The minimum Gasteiger partial charge on any atom is -0.455 e. The second-order valence-corrected chi connectivity index (χ2v) is 11.5. The van der Waals surface area contributed by atoms with E-state index in [0.29, 0.717) is 0 Å². The summed E-state index contributed by atoms with van der Waals surface area (Å²) in [6.07, 6.45) is 2.11. The largest absolute Gasteiger partial charge is 0.455 e. The number of pyridine rings is 1. The van der Waals surface area contributed by atoms with E-state index < -0.39 is 0 Å². The van der Waals surface area contributed by atoms with Gasteiger partial charge in [-0.05, 0) is 82.0 Å². The summed E-state index contributed by atoms with van der Waals surface area (Å²) in [5.41, 5.74) is 11.7. The van der Waals surface area contributed by atoms with Crippen LogP contribution in [-0.4, -0.2) is 0 Å². The van der Waals surface area contributed by atoms with Gasteiger partial charge in [0.05, 0.1) is 5.56 Å². The molecule has 0 saturated heterocycles. The van der Waals surface area contributed by atoms with Crippen LogP contribution >= 0.6 is 0 Å². The van der Waals surface area contributed by atoms with Gasteiger partial charge >= 0.3 is 0 Å². The molecule has 3 heteroatoms. The van der Waals surface area contributed by atoms with Crippen LogP contribution in [0.2, 0.25) is 0 Å². The van der Waals surface area contributed by atoms with Gasteiger partial charge in [0.1, 0.15) is 24.0 Å². The molecule has 4 aromatic carbocycles. The predicted octanol–water partition coefficient (Wildman–Crippen LogP) is 10.1. The van der Waals surface area contributed by atoms with Gasteiger partial charge < -0.3 is 4.42 Å². The average Bonchev–Trinajstić information content (AvgIpc) is 3.31. The van der Waals surface area contributed by atoms with Crippen LogP contribution in [0.25, 0.3) is 55.4 Å². The topological polar surface area (TPSA) is 17.0 Å². The average molecular weight is 529 g/mol. The number of benzene rings is 4. The monoisotopic (exact) mass is 528 g/mol. The fourth-order valence-corrected chi connectivity index (χ4v) is 5.93. The van der Waals surface area contributed by atoms with Gasteiger partial charge in [-0.1, -0.05) is 76.2 Å². The third kappa shape index (κ3) is 4.40. The molecule has 0 saturated carbocycles. The Morgan fingerprint density at radius 1 is 0.675 bits per heavy atom. The summed E-state index contributed by atoms with van der Waals surface area (Å²) >= 11 is 0. The number of fused-ring (bicyclic) bond motifs is 3. The Hall–Kier alpha value is -4.24. The molecule has 0 amide bonds. The van der Waals surface area contributed by atoms with Crippen LogP contribution in [0.5, 0.6) is 0 Å². The van der Waals surface area contributed by atoms with Gasteiger partial charge in [0.2, 0.25) is 5.69 Å². The number of aromatic nitrogens is 1. The Morgan fingerprint density at radius 2 is 1.35 bits per heavy atom. The van der Waals surface area contributed by atoms with Gasteiger partial charge in [-0.15, -0.1) is 0 Å². The minimum atomic E-state index is -0.171. The van der Waals surface area contributed by atoms with E-state index in [0.717, 1.165) is 66.6 Å². The van der Waals surface area contributed by atoms with E-state index in [1.54, 1.807) is 12.1 Å². The Labute approximate surface area is 235 Å². The van der Waals surface area contributed by atoms with E-state index in [4.69, 9.17) is 4.42 Å². The highest BCUT2D eigenvalue weighted by molar-refractivity contribution is 6.10. The molecule has 6 rings (SSSR count). The Morgan fingerprint density at radius 3 is 2.02 bits per heavy atom. The third-order valence-corrected chi connectivity index (χ3v) is 8.06. The third-order valence-electron chi connectivity index (χ3n) is 8.06. The predicted molar refractivity (Wildman–Crippen MR) is 164 cm³/mol. The van der Waals surface area contributed by atoms with Gasteiger partial charge in [0.25, 0.3) is 0 Å². The van der Waals surface area contributed by atoms with Gasteiger partial charge in [0, 0.05) is 22.9 Å². The number of furan rings is 1. The standard InChI is InChI=1S/C37H35FNO/c1-22(2)31-20-28(38)21-32(23(3)4)36(31)27-16-17-39(6)33(18-27)35-24(5)12-14-30-29-15-13-26(19-34(29)40-37(30)35)25-10-8-7-9-11-25/h7-23H,1-6H3/q+1. The Bertz CT molecular complexity index is 1850. The molecule has 40 heavy (non-hydrogen) atoms. The van der Waals surface area contributed by atoms with Gasteiger partial charge in [-0.3, -0.25) is 0 Å². The summed E-state index contributed by atoms with van der Waals surface area (Å²) in [4.78, 5) is 0. The number of hydrogen-bond acceptors (Lipinski definition) is 1. The van der Waals surface area contributed by atoms with Crippen LogP contribution in [-0.2, 0) is 7.05 Å². The maximum atomic E-state index is 14.7. The van der Waals surface area contributed by atoms with Crippen molar-refractivity contribution in [1.82, 2.24) is 0 Å². The molecular formula is C37H35FNO+. The fourth-order valence-electron chi connectivity index (χ4n) is 5.93. The van der Waals surface area contributed by atoms with E-state index in [1.807, 2.05) is 6.07 Å². The van der Waals surface area contributed by atoms with Gasteiger partial charge in [0.15, 0.2) is 6.20 Å². The van der Waals surface area contributed by atoms with E-state index in [1.165, 1.54) is 5.56 Å². The molecule has 2 heterocycles. The zero-order valence-electron chi connectivity index (χ0n) is 24.0. The van der Waals surface area contributed by atoms with Crippen molar-refractivity contribution in [3.63, 3.8) is 0 Å². The second kappa shape index (κ2) is 10.1. The Balaban J connectivity index is 1.59. The van der Waals surface area contributed by atoms with Gasteiger partial charge in [-0.2, -0.15) is 0 Å². The number of halogens is 1. The van der Waals surface area contributed by atoms with Crippen molar-refractivity contribution < 1.29 is 13.4 Å². The van der Waals surface area contributed by atoms with Crippen molar-refractivity contribution in [3.05, 3.63) is 114 Å². The van der Waals surface area contributed by atoms with E-state index in [9.17, 15) is 4.39 Å². The summed E-state index contributed by atoms with van der Waals surface area (Å²) in [5.74, 6) is 0.218. The lowest BCUT2D eigenvalue weighted by atomic mass is 9.84. The molecule has 0 unspecified atom stereocenters. The maximum Gasteiger partial charge on any atom is 0.216 e. The molecule has 200 valence electrons. The first kappa shape index (κ1) is 26.0. The summed E-state index contributed by atoms with van der Waals surface area (Å²) in [5, 5.41) is 2.21. The van der Waals surface area contributed by atoms with Crippen LogP contribution in [0.15, 0.2) is 95.5 Å². The number of rotatable bonds is 5. The molecule has 2 nitrogen and oxygen atoms in total. The molecule has 0 aliphatic heterocycles. The lowest BCUT2D eigenvalue weighted by Gasteiger charge is -2.20. The number of hydrogen-bond donors (Lipinski definition) is 0. The molecule has 0 bridgehead atoms. The van der Waals surface area contributed by atoms with Crippen molar-refractivity contribution >= 4 is 21.9 Å². The highest BCUT2D eigenvalue weighted by Gasteiger charge is 2.24. The van der Waals surface area contributed by atoms with E-state index >= 15 is 0 Å². The molecular weight excluding hydrogens is 493 g/mol. The van der Waals surface area contributed by atoms with Crippen molar-refractivity contribution in [2.24, 2.45) is 7.05 Å². The zero-order valence-corrected chi connectivity index (χ0v) is 24.0. The highest BCUT2D eigenvalue weighted by Crippen LogP contribution is 2.41. The lowest BCUT2D eigenvalue weighted by Crippen LogP contribution is -2.30. The molecule has 0 atom stereocenters. The Kier molecular flexibility index (Phi) is 6.54. The van der Waals surface area contributed by atoms with E-state index in [2.05, 4.69) is 119 Å². The molecule has 0 fully saturated rings. The van der Waals surface area contributed by atoms with Crippen LogP contribution in [0.4, 0.5) is 4.39 Å². The molecule has 0 spiro atoms. The summed E-state index contributed by atoms with van der Waals surface area (Å²) < 4.78 is 23.5. The minimum absolute atomic E-state index is 0.171. The zero-order chi connectivity index (χ0) is 28.1.